The van der Waals surface area contributed by atoms with E-state index in [9.17, 15) is 4.79 Å². The van der Waals surface area contributed by atoms with Gasteiger partial charge in [-0.2, -0.15) is 0 Å². The third-order valence-electron chi connectivity index (χ3n) is 6.25. The van der Waals surface area contributed by atoms with Crippen molar-refractivity contribution in [1.29, 1.82) is 0 Å². The van der Waals surface area contributed by atoms with Gasteiger partial charge in [-0.3, -0.25) is 0 Å². The van der Waals surface area contributed by atoms with Gasteiger partial charge in [-0.25, -0.2) is 9.78 Å². The van der Waals surface area contributed by atoms with Gasteiger partial charge in [-0.1, -0.05) is 78.4 Å². The highest BCUT2D eigenvalue weighted by molar-refractivity contribution is 5.77. The Hall–Kier alpha value is -4.12. The summed E-state index contributed by atoms with van der Waals surface area (Å²) in [6, 6.07) is 28.0. The number of nitrogens with zero attached hydrogens (tertiary/aromatic N) is 1. The molecule has 1 aliphatic rings. The summed E-state index contributed by atoms with van der Waals surface area (Å²) in [6.45, 7) is -0.351. The summed E-state index contributed by atoms with van der Waals surface area (Å²) in [4.78, 5) is 15.9. The zero-order valence-electron chi connectivity index (χ0n) is 19.4. The van der Waals surface area contributed by atoms with Crippen LogP contribution in [-0.2, 0) is 11.2 Å². The van der Waals surface area contributed by atoms with Crippen LogP contribution in [0.1, 0.15) is 37.1 Å². The molecule has 0 bridgehead atoms. The number of carbonyl (C=O) groups is 1. The van der Waals surface area contributed by atoms with E-state index in [-0.39, 0.29) is 6.61 Å². The number of carboxylic acid groups (broad SMARTS) is 1. The lowest BCUT2D eigenvalue weighted by molar-refractivity contribution is -0.139. The minimum Gasteiger partial charge on any atom is -0.482 e. The minimum atomic E-state index is -0.986. The number of rotatable bonds is 8. The third-order valence-corrected chi connectivity index (χ3v) is 6.25. The molecule has 0 aliphatic heterocycles. The number of benzene rings is 3. The number of hydrogen-bond acceptors (Lipinski definition) is 4. The van der Waals surface area contributed by atoms with Crippen molar-refractivity contribution in [3.05, 3.63) is 102 Å². The first-order valence-electron chi connectivity index (χ1n) is 11.9. The Labute approximate surface area is 204 Å². The third kappa shape index (κ3) is 5.35. The molecule has 0 unspecified atom stereocenters. The minimum absolute atomic E-state index is 0.351. The molecule has 0 amide bonds. The molecular weight excluding hydrogens is 438 g/mol. The highest BCUT2D eigenvalue weighted by atomic mass is 16.5. The topological polar surface area (TPSA) is 72.6 Å². The fourth-order valence-corrected chi connectivity index (χ4v) is 4.63. The van der Waals surface area contributed by atoms with Crippen LogP contribution in [0.25, 0.3) is 28.2 Å². The molecular formula is C30H27NO4. The summed E-state index contributed by atoms with van der Waals surface area (Å²) < 4.78 is 11.8. The quantitative estimate of drug-likeness (QED) is 0.302. The SMILES string of the molecule is O=C(O)COc1cccc(C2=C(Cc3nc(-c4ccccc4)c(-c4ccccc4)o3)CCCC2)c1. The van der Waals surface area contributed by atoms with Gasteiger partial charge in [0.1, 0.15) is 11.4 Å². The fourth-order valence-electron chi connectivity index (χ4n) is 4.63. The lowest BCUT2D eigenvalue weighted by Gasteiger charge is -2.20. The zero-order valence-corrected chi connectivity index (χ0v) is 19.4. The highest BCUT2D eigenvalue weighted by Gasteiger charge is 2.21. The van der Waals surface area contributed by atoms with Crippen LogP contribution < -0.4 is 4.74 Å². The van der Waals surface area contributed by atoms with Crippen molar-refractivity contribution in [2.45, 2.75) is 32.1 Å². The van der Waals surface area contributed by atoms with Crippen LogP contribution >= 0.6 is 0 Å². The zero-order chi connectivity index (χ0) is 24.0. The number of hydrogen-bond donors (Lipinski definition) is 1. The fraction of sp³-hybridized carbons (Fsp3) is 0.200. The predicted octanol–water partition coefficient (Wildman–Crippen LogP) is 7.04. The summed E-state index contributed by atoms with van der Waals surface area (Å²) >= 11 is 0. The van der Waals surface area contributed by atoms with Crippen molar-refractivity contribution >= 4 is 11.5 Å². The van der Waals surface area contributed by atoms with Gasteiger partial charge in [0.15, 0.2) is 18.3 Å². The van der Waals surface area contributed by atoms with Crippen molar-refractivity contribution in [3.63, 3.8) is 0 Å². The van der Waals surface area contributed by atoms with E-state index in [1.54, 1.807) is 6.07 Å². The number of ether oxygens (including phenoxy) is 1. The van der Waals surface area contributed by atoms with E-state index >= 15 is 0 Å². The second-order valence-corrected chi connectivity index (χ2v) is 8.69. The van der Waals surface area contributed by atoms with Gasteiger partial charge < -0.3 is 14.3 Å². The molecule has 4 aromatic rings. The molecule has 0 radical (unpaired) electrons. The molecule has 1 heterocycles. The van der Waals surface area contributed by atoms with Crippen molar-refractivity contribution < 1.29 is 19.1 Å². The largest absolute Gasteiger partial charge is 0.482 e. The molecule has 1 aliphatic carbocycles. The Kier molecular flexibility index (Phi) is 6.75. The summed E-state index contributed by atoms with van der Waals surface area (Å²) in [5.41, 5.74) is 6.55. The van der Waals surface area contributed by atoms with Crippen LogP contribution in [-0.4, -0.2) is 22.7 Å². The van der Waals surface area contributed by atoms with Crippen LogP contribution in [0.2, 0.25) is 0 Å². The molecule has 176 valence electrons. The van der Waals surface area contributed by atoms with Crippen molar-refractivity contribution in [3.8, 4) is 28.3 Å². The molecule has 0 saturated heterocycles. The molecule has 0 fully saturated rings. The summed E-state index contributed by atoms with van der Waals surface area (Å²) in [7, 11) is 0. The maximum atomic E-state index is 10.9. The van der Waals surface area contributed by atoms with Gasteiger partial charge in [0.25, 0.3) is 0 Å². The molecule has 0 saturated carbocycles. The molecule has 1 aromatic heterocycles. The lowest BCUT2D eigenvalue weighted by atomic mass is 9.86. The van der Waals surface area contributed by atoms with Gasteiger partial charge in [0.05, 0.1) is 0 Å². The Morgan fingerprint density at radius 1 is 0.857 bits per heavy atom. The molecule has 3 aromatic carbocycles. The predicted molar refractivity (Wildman–Crippen MR) is 136 cm³/mol. The molecule has 5 heteroatoms. The molecule has 0 atom stereocenters. The number of aliphatic carboxylic acids is 1. The molecule has 35 heavy (non-hydrogen) atoms. The van der Waals surface area contributed by atoms with E-state index in [1.165, 1.54) is 11.1 Å². The maximum absolute atomic E-state index is 10.9. The van der Waals surface area contributed by atoms with Crippen molar-refractivity contribution in [2.75, 3.05) is 6.61 Å². The number of allylic oxidation sites excluding steroid dienone is 2. The Morgan fingerprint density at radius 3 is 2.29 bits per heavy atom. The normalized spacial score (nSPS) is 13.6. The summed E-state index contributed by atoms with van der Waals surface area (Å²) in [5.74, 6) is 1.07. The average Bonchev–Trinajstić information content (AvgIpc) is 3.33. The van der Waals surface area contributed by atoms with Crippen LogP contribution in [0.15, 0.2) is 94.9 Å². The van der Waals surface area contributed by atoms with Gasteiger partial charge in [-0.15, -0.1) is 0 Å². The van der Waals surface area contributed by atoms with Crippen LogP contribution in [0, 0.1) is 0 Å². The second-order valence-electron chi connectivity index (χ2n) is 8.69. The summed E-state index contributed by atoms with van der Waals surface area (Å²) in [5, 5.41) is 8.94. The smallest absolute Gasteiger partial charge is 0.341 e. The molecule has 5 nitrogen and oxygen atoms in total. The van der Waals surface area contributed by atoms with E-state index in [1.807, 2.05) is 60.7 Å². The van der Waals surface area contributed by atoms with E-state index in [4.69, 9.17) is 19.2 Å². The first-order chi connectivity index (χ1) is 17.2. The Balaban J connectivity index is 1.50. The van der Waals surface area contributed by atoms with Crippen LogP contribution in [0.5, 0.6) is 5.75 Å². The molecule has 5 rings (SSSR count). The monoisotopic (exact) mass is 465 g/mol. The highest BCUT2D eigenvalue weighted by Crippen LogP contribution is 2.38. The van der Waals surface area contributed by atoms with Crippen LogP contribution in [0.3, 0.4) is 0 Å². The Morgan fingerprint density at radius 2 is 1.54 bits per heavy atom. The van der Waals surface area contributed by atoms with E-state index in [0.29, 0.717) is 18.1 Å². The second kappa shape index (κ2) is 10.4. The van der Waals surface area contributed by atoms with Crippen LogP contribution in [0.4, 0.5) is 0 Å². The first kappa shape index (κ1) is 22.7. The van der Waals surface area contributed by atoms with E-state index in [2.05, 4.69) is 18.2 Å². The standard InChI is InChI=1S/C30H27NO4/c32-28(33)20-34-25-16-9-15-23(18-25)26-17-8-7-14-24(26)19-27-31-29(21-10-3-1-4-11-21)30(35-27)22-12-5-2-6-13-22/h1-6,9-13,15-16,18H,7-8,14,17,19-20H2,(H,32,33). The van der Waals surface area contributed by atoms with E-state index in [0.717, 1.165) is 53.8 Å². The average molecular weight is 466 g/mol. The van der Waals surface area contributed by atoms with Gasteiger partial charge in [-0.05, 0) is 49.0 Å². The number of carboxylic acids is 1. The van der Waals surface area contributed by atoms with Gasteiger partial charge in [0, 0.05) is 17.5 Å². The van der Waals surface area contributed by atoms with E-state index < -0.39 is 5.97 Å². The maximum Gasteiger partial charge on any atom is 0.341 e. The van der Waals surface area contributed by atoms with Crippen molar-refractivity contribution in [2.24, 2.45) is 0 Å². The van der Waals surface area contributed by atoms with Gasteiger partial charge in [0.2, 0.25) is 0 Å². The Bertz CT molecular complexity index is 1280. The van der Waals surface area contributed by atoms with Gasteiger partial charge >= 0.3 is 5.97 Å². The molecule has 0 spiro atoms. The van der Waals surface area contributed by atoms with Crippen molar-refractivity contribution in [1.82, 2.24) is 4.98 Å². The summed E-state index contributed by atoms with van der Waals surface area (Å²) in [6.07, 6.45) is 4.85. The lowest BCUT2D eigenvalue weighted by Crippen LogP contribution is -2.09. The number of oxazole rings is 1. The number of aromatic nitrogens is 1. The first-order valence-corrected chi connectivity index (χ1v) is 11.9. The molecule has 1 N–H and O–H groups in total.